The molecule has 0 amide bonds. The summed E-state index contributed by atoms with van der Waals surface area (Å²) in [6.45, 7) is 8.22. The van der Waals surface area contributed by atoms with Crippen LogP contribution in [0.2, 0.25) is 0 Å². The molecule has 1 unspecified atom stereocenters. The Hall–Kier alpha value is -2.55. The third-order valence-corrected chi connectivity index (χ3v) is 7.61. The van der Waals surface area contributed by atoms with E-state index in [2.05, 4.69) is 125 Å². The number of hydrogen-bond acceptors (Lipinski definition) is 2. The molecule has 0 aliphatic carbocycles. The van der Waals surface area contributed by atoms with Crippen molar-refractivity contribution in [3.05, 3.63) is 102 Å². The largest absolute Gasteiger partial charge is 0.492 e. The zero-order chi connectivity index (χ0) is 24.6. The van der Waals surface area contributed by atoms with Crippen LogP contribution in [-0.4, -0.2) is 37.0 Å². The molecule has 0 aromatic heterocycles. The van der Waals surface area contributed by atoms with Crippen LogP contribution in [-0.2, 0) is 0 Å². The van der Waals surface area contributed by atoms with Gasteiger partial charge in [0.25, 0.3) is 0 Å². The van der Waals surface area contributed by atoms with Crippen molar-refractivity contribution in [2.24, 2.45) is 5.92 Å². The van der Waals surface area contributed by atoms with Gasteiger partial charge < -0.3 is 9.64 Å². The minimum Gasteiger partial charge on any atom is -0.492 e. The van der Waals surface area contributed by atoms with E-state index >= 15 is 0 Å². The van der Waals surface area contributed by atoms with Gasteiger partial charge in [0, 0.05) is 12.5 Å². The van der Waals surface area contributed by atoms with Crippen LogP contribution in [0.15, 0.2) is 84.9 Å². The quantitative estimate of drug-likeness (QED) is 0.205. The normalized spacial score (nSPS) is 13.5. The van der Waals surface area contributed by atoms with Crippen LogP contribution in [0.25, 0.3) is 11.1 Å². The summed E-state index contributed by atoms with van der Waals surface area (Å²) >= 11 is 7.27. The lowest BCUT2D eigenvalue weighted by molar-refractivity contribution is 0.261. The summed E-state index contributed by atoms with van der Waals surface area (Å²) in [5.41, 5.74) is 6.09. The SMILES string of the molecule is CCC(Cl)(CC)C(C)/C(=C(\c1ccccc1)c1ccc(OCCN(C)C)cc1)c1ccccc1. The van der Waals surface area contributed by atoms with Crippen molar-refractivity contribution in [1.29, 1.82) is 0 Å². The maximum atomic E-state index is 7.27. The van der Waals surface area contributed by atoms with E-state index in [-0.39, 0.29) is 10.8 Å². The molecule has 3 rings (SSSR count). The Labute approximate surface area is 211 Å². The molecule has 0 heterocycles. The highest BCUT2D eigenvalue weighted by Gasteiger charge is 2.35. The van der Waals surface area contributed by atoms with Crippen LogP contribution < -0.4 is 4.74 Å². The number of benzene rings is 3. The molecule has 3 aromatic rings. The lowest BCUT2D eigenvalue weighted by Crippen LogP contribution is -2.30. The molecule has 0 spiro atoms. The van der Waals surface area contributed by atoms with E-state index in [9.17, 15) is 0 Å². The number of nitrogens with zero attached hydrogens (tertiary/aromatic N) is 1. The van der Waals surface area contributed by atoms with Crippen molar-refractivity contribution in [2.45, 2.75) is 38.5 Å². The van der Waals surface area contributed by atoms with Gasteiger partial charge in [-0.25, -0.2) is 0 Å². The van der Waals surface area contributed by atoms with Crippen LogP contribution in [0.4, 0.5) is 0 Å². The first-order valence-corrected chi connectivity index (χ1v) is 12.7. The van der Waals surface area contributed by atoms with Gasteiger partial charge in [-0.3, -0.25) is 0 Å². The van der Waals surface area contributed by atoms with Crippen LogP contribution in [0.5, 0.6) is 5.75 Å². The molecule has 0 aliphatic heterocycles. The highest BCUT2D eigenvalue weighted by atomic mass is 35.5. The molecule has 1 atom stereocenters. The number of alkyl halides is 1. The predicted octanol–water partition coefficient (Wildman–Crippen LogP) is 8.02. The van der Waals surface area contributed by atoms with Gasteiger partial charge in [-0.1, -0.05) is 93.6 Å². The van der Waals surface area contributed by atoms with E-state index in [1.165, 1.54) is 27.8 Å². The molecular formula is C31H38ClNO. The van der Waals surface area contributed by atoms with Gasteiger partial charge in [0.15, 0.2) is 0 Å². The molecule has 0 radical (unpaired) electrons. The molecule has 0 saturated heterocycles. The Kier molecular flexibility index (Phi) is 9.38. The minimum atomic E-state index is -0.319. The number of halogens is 1. The number of allylic oxidation sites excluding steroid dienone is 1. The summed E-state index contributed by atoms with van der Waals surface area (Å²) < 4.78 is 5.96. The molecular weight excluding hydrogens is 438 g/mol. The highest BCUT2D eigenvalue weighted by Crippen LogP contribution is 2.45. The van der Waals surface area contributed by atoms with Crippen molar-refractivity contribution in [1.82, 2.24) is 4.90 Å². The fraction of sp³-hybridized carbons (Fsp3) is 0.355. The first kappa shape index (κ1) is 26.1. The molecule has 0 saturated carbocycles. The lowest BCUT2D eigenvalue weighted by Gasteiger charge is -2.35. The first-order chi connectivity index (χ1) is 16.4. The maximum absolute atomic E-state index is 7.27. The second kappa shape index (κ2) is 12.2. The summed E-state index contributed by atoms with van der Waals surface area (Å²) in [5, 5.41) is 0. The minimum absolute atomic E-state index is 0.151. The number of ether oxygens (including phenoxy) is 1. The lowest BCUT2D eigenvalue weighted by atomic mass is 9.75. The van der Waals surface area contributed by atoms with Gasteiger partial charge in [-0.15, -0.1) is 11.6 Å². The first-order valence-electron chi connectivity index (χ1n) is 12.3. The van der Waals surface area contributed by atoms with E-state index in [1.54, 1.807) is 0 Å². The molecule has 3 heteroatoms. The summed E-state index contributed by atoms with van der Waals surface area (Å²) in [4.78, 5) is 1.80. The average Bonchev–Trinajstić information content (AvgIpc) is 2.87. The molecule has 180 valence electrons. The van der Waals surface area contributed by atoms with E-state index in [0.29, 0.717) is 6.61 Å². The highest BCUT2D eigenvalue weighted by molar-refractivity contribution is 6.25. The molecule has 0 aliphatic rings. The predicted molar refractivity (Wildman–Crippen MR) is 148 cm³/mol. The molecule has 0 bridgehead atoms. The Morgan fingerprint density at radius 3 is 1.79 bits per heavy atom. The number of hydrogen-bond donors (Lipinski definition) is 0. The van der Waals surface area contributed by atoms with Gasteiger partial charge in [0.05, 0.1) is 4.87 Å². The van der Waals surface area contributed by atoms with Crippen LogP contribution in [0, 0.1) is 5.92 Å². The molecule has 34 heavy (non-hydrogen) atoms. The smallest absolute Gasteiger partial charge is 0.119 e. The summed E-state index contributed by atoms with van der Waals surface area (Å²) in [5.74, 6) is 1.04. The fourth-order valence-electron chi connectivity index (χ4n) is 4.50. The van der Waals surface area contributed by atoms with Gasteiger partial charge in [0.1, 0.15) is 12.4 Å². The van der Waals surface area contributed by atoms with E-state index < -0.39 is 0 Å². The second-order valence-corrected chi connectivity index (χ2v) is 9.91. The number of rotatable bonds is 11. The van der Waals surface area contributed by atoms with E-state index in [0.717, 1.165) is 25.1 Å². The van der Waals surface area contributed by atoms with Gasteiger partial charge in [0.2, 0.25) is 0 Å². The zero-order valence-corrected chi connectivity index (χ0v) is 22.0. The fourth-order valence-corrected chi connectivity index (χ4v) is 4.61. The van der Waals surface area contributed by atoms with Crippen molar-refractivity contribution in [2.75, 3.05) is 27.2 Å². The average molecular weight is 476 g/mol. The van der Waals surface area contributed by atoms with Crippen molar-refractivity contribution in [3.63, 3.8) is 0 Å². The molecule has 3 aromatic carbocycles. The van der Waals surface area contributed by atoms with Crippen molar-refractivity contribution >= 4 is 22.7 Å². The standard InChI is InChI=1S/C31H38ClNO/c1-6-31(32,7-2)24(3)29(25-14-10-8-11-15-25)30(26-16-12-9-13-17-26)27-18-20-28(21-19-27)34-23-22-33(4)5/h8-21,24H,6-7,22-23H2,1-5H3/b30-29-. The van der Waals surface area contributed by atoms with Crippen LogP contribution >= 0.6 is 11.6 Å². The molecule has 0 N–H and O–H groups in total. The Morgan fingerprint density at radius 2 is 1.29 bits per heavy atom. The summed E-state index contributed by atoms with van der Waals surface area (Å²) in [6.07, 6.45) is 1.81. The van der Waals surface area contributed by atoms with Crippen LogP contribution in [0.1, 0.15) is 50.3 Å². The van der Waals surface area contributed by atoms with Gasteiger partial charge in [-0.2, -0.15) is 0 Å². The van der Waals surface area contributed by atoms with Crippen molar-refractivity contribution in [3.8, 4) is 5.75 Å². The van der Waals surface area contributed by atoms with E-state index in [1.807, 2.05) is 0 Å². The summed E-state index contributed by atoms with van der Waals surface area (Å²) in [6, 6.07) is 29.9. The monoisotopic (exact) mass is 475 g/mol. The van der Waals surface area contributed by atoms with Crippen molar-refractivity contribution < 1.29 is 4.74 Å². The van der Waals surface area contributed by atoms with Gasteiger partial charge >= 0.3 is 0 Å². The topological polar surface area (TPSA) is 12.5 Å². The number of likely N-dealkylation sites (N-methyl/N-ethyl adjacent to an activating group) is 1. The second-order valence-electron chi connectivity index (χ2n) is 9.16. The Bertz CT molecular complexity index is 1040. The molecule has 0 fully saturated rings. The third-order valence-electron chi connectivity index (χ3n) is 6.75. The summed E-state index contributed by atoms with van der Waals surface area (Å²) in [7, 11) is 4.11. The maximum Gasteiger partial charge on any atom is 0.119 e. The zero-order valence-electron chi connectivity index (χ0n) is 21.2. The Morgan fingerprint density at radius 1 is 0.794 bits per heavy atom. The molecule has 2 nitrogen and oxygen atoms in total. The van der Waals surface area contributed by atoms with E-state index in [4.69, 9.17) is 16.3 Å². The van der Waals surface area contributed by atoms with Crippen LogP contribution in [0.3, 0.4) is 0 Å². The van der Waals surface area contributed by atoms with Gasteiger partial charge in [-0.05, 0) is 66.9 Å². The third kappa shape index (κ3) is 6.31. The Balaban J connectivity index is 2.19.